The average molecular weight is 663 g/mol. The van der Waals surface area contributed by atoms with Gasteiger partial charge in [0.25, 0.3) is 0 Å². The molecule has 258 valence electrons. The van der Waals surface area contributed by atoms with Crippen LogP contribution in [0.15, 0.2) is 110 Å². The number of allylic oxidation sites excluding steroid dienone is 5. The number of ketones is 2. The van der Waals surface area contributed by atoms with Crippen molar-refractivity contribution < 1.29 is 27.5 Å². The third-order valence-corrected chi connectivity index (χ3v) is 8.87. The maximum Gasteiger partial charge on any atom is 0.416 e. The van der Waals surface area contributed by atoms with Crippen molar-refractivity contribution in [2.75, 3.05) is 26.2 Å². The minimum absolute atomic E-state index is 0.0134. The van der Waals surface area contributed by atoms with E-state index in [2.05, 4.69) is 30.0 Å². The molecule has 8 heteroatoms. The molecule has 1 heterocycles. The van der Waals surface area contributed by atoms with Crippen LogP contribution in [0, 0.1) is 0 Å². The number of hydrogen-bond acceptors (Lipinski definition) is 5. The van der Waals surface area contributed by atoms with E-state index < -0.39 is 17.2 Å². The number of nitrogens with zero attached hydrogens (tertiary/aromatic N) is 1. The van der Waals surface area contributed by atoms with Crippen molar-refractivity contribution in [3.8, 4) is 0 Å². The summed E-state index contributed by atoms with van der Waals surface area (Å²) in [5, 5.41) is 3.51. The van der Waals surface area contributed by atoms with Gasteiger partial charge in [-0.15, -0.1) is 0 Å². The molecule has 1 N–H and O–H groups in total. The fourth-order valence-electron chi connectivity index (χ4n) is 6.37. The van der Waals surface area contributed by atoms with Crippen LogP contribution in [-0.4, -0.2) is 48.7 Å². The molecular weight excluding hydrogens is 613 g/mol. The number of alkyl halides is 3. The molecule has 2 aromatic carbocycles. The van der Waals surface area contributed by atoms with Gasteiger partial charge in [0.2, 0.25) is 0 Å². The van der Waals surface area contributed by atoms with Gasteiger partial charge >= 0.3 is 6.18 Å². The highest BCUT2D eigenvalue weighted by atomic mass is 19.4. The van der Waals surface area contributed by atoms with Crippen molar-refractivity contribution >= 4 is 17.1 Å². The summed E-state index contributed by atoms with van der Waals surface area (Å²) >= 11 is 0. The van der Waals surface area contributed by atoms with Crippen molar-refractivity contribution in [1.82, 2.24) is 10.2 Å². The lowest BCUT2D eigenvalue weighted by Crippen LogP contribution is -2.44. The summed E-state index contributed by atoms with van der Waals surface area (Å²) in [4.78, 5) is 29.1. The van der Waals surface area contributed by atoms with Gasteiger partial charge in [0.05, 0.1) is 18.7 Å². The summed E-state index contributed by atoms with van der Waals surface area (Å²) in [6.45, 7) is 20.0. The Morgan fingerprint density at radius 2 is 1.62 bits per heavy atom. The average Bonchev–Trinajstić information content (AvgIpc) is 3.06. The van der Waals surface area contributed by atoms with Gasteiger partial charge in [-0.3, -0.25) is 14.5 Å². The first-order chi connectivity index (χ1) is 22.9. The molecule has 1 aliphatic rings. The van der Waals surface area contributed by atoms with Crippen molar-refractivity contribution in [3.63, 3.8) is 0 Å². The lowest BCUT2D eigenvalue weighted by atomic mass is 9.70. The lowest BCUT2D eigenvalue weighted by Gasteiger charge is -2.35. The number of benzene rings is 2. The second-order valence-electron chi connectivity index (χ2n) is 12.1. The zero-order chi connectivity index (χ0) is 35.3. The number of carbonyl (C=O) groups is 2. The molecule has 0 bridgehead atoms. The van der Waals surface area contributed by atoms with Crippen molar-refractivity contribution in [2.24, 2.45) is 0 Å². The molecule has 2 aromatic rings. The third-order valence-electron chi connectivity index (χ3n) is 8.87. The van der Waals surface area contributed by atoms with E-state index in [1.807, 2.05) is 57.2 Å². The minimum Gasteiger partial charge on any atom is -0.497 e. The standard InChI is InChI=1S/C40H49F3N2O3/c1-7-14-37(31-18-20-33(21-19-31)40(41,42)43)36(9-3)29(5)44-34-23-26-45(27-24-34)28-35(46)22-25-39(30(6)48-10-4,38(47)15-8-2)32-16-12-11-13-17-32/h7,9,11-14,16-21,34,44H,1,5-6,8,10,15,22-28H2,2-4H3/b36-9-,37-14-. The van der Waals surface area contributed by atoms with Gasteiger partial charge in [-0.05, 0) is 68.4 Å². The number of rotatable bonds is 18. The lowest BCUT2D eigenvalue weighted by molar-refractivity contribution is -0.137. The fraction of sp³-hybridized carbons (Fsp3) is 0.400. The highest BCUT2D eigenvalue weighted by Crippen LogP contribution is 2.39. The minimum atomic E-state index is -4.41. The molecule has 0 aromatic heterocycles. The highest BCUT2D eigenvalue weighted by Gasteiger charge is 2.43. The molecule has 0 saturated carbocycles. The number of nitrogens with one attached hydrogen (secondary N) is 1. The largest absolute Gasteiger partial charge is 0.497 e. The van der Waals surface area contributed by atoms with E-state index >= 15 is 0 Å². The Labute approximate surface area is 283 Å². The van der Waals surface area contributed by atoms with Gasteiger partial charge in [-0.25, -0.2) is 0 Å². The number of carbonyl (C=O) groups excluding carboxylic acids is 2. The second kappa shape index (κ2) is 17.8. The Hall–Kier alpha value is -4.17. The fourth-order valence-corrected chi connectivity index (χ4v) is 6.37. The number of piperidine rings is 1. The van der Waals surface area contributed by atoms with Crippen LogP contribution >= 0.6 is 0 Å². The maximum absolute atomic E-state index is 13.7. The summed E-state index contributed by atoms with van der Waals surface area (Å²) in [6.07, 6.45) is 4.00. The molecule has 48 heavy (non-hydrogen) atoms. The van der Waals surface area contributed by atoms with Crippen molar-refractivity contribution in [2.45, 2.75) is 76.9 Å². The Balaban J connectivity index is 1.62. The zero-order valence-electron chi connectivity index (χ0n) is 28.5. The van der Waals surface area contributed by atoms with Crippen LogP contribution in [-0.2, 0) is 25.9 Å². The smallest absolute Gasteiger partial charge is 0.416 e. The van der Waals surface area contributed by atoms with Crippen LogP contribution < -0.4 is 5.32 Å². The van der Waals surface area contributed by atoms with Gasteiger partial charge in [0.15, 0.2) is 5.78 Å². The van der Waals surface area contributed by atoms with E-state index in [9.17, 15) is 22.8 Å². The molecule has 1 unspecified atom stereocenters. The molecule has 5 nitrogen and oxygen atoms in total. The van der Waals surface area contributed by atoms with Gasteiger partial charge in [0, 0.05) is 43.2 Å². The number of hydrogen-bond donors (Lipinski definition) is 1. The molecule has 0 spiro atoms. The van der Waals surface area contributed by atoms with E-state index in [1.54, 1.807) is 12.2 Å². The van der Waals surface area contributed by atoms with Gasteiger partial charge < -0.3 is 10.1 Å². The zero-order valence-corrected chi connectivity index (χ0v) is 28.5. The van der Waals surface area contributed by atoms with E-state index in [4.69, 9.17) is 4.74 Å². The Kier molecular flexibility index (Phi) is 14.2. The molecule has 3 rings (SSSR count). The summed E-state index contributed by atoms with van der Waals surface area (Å²) in [5.74, 6) is 0.464. The SMILES string of the molecule is C=C/C=C(\C(=C/C)C(=C)NC1CCN(CC(=O)CCC(C(=C)OCC)(C(=O)CCC)c2ccccc2)CC1)c1ccc(C(F)(F)F)cc1. The number of Topliss-reactive ketones (excluding diaryl/α,β-unsaturated/α-hetero) is 2. The predicted molar refractivity (Wildman–Crippen MR) is 188 cm³/mol. The number of halogens is 3. The van der Waals surface area contributed by atoms with E-state index in [1.165, 1.54) is 12.1 Å². The highest BCUT2D eigenvalue weighted by molar-refractivity contribution is 5.94. The first-order valence-corrected chi connectivity index (χ1v) is 16.7. The molecule has 1 atom stereocenters. The van der Waals surface area contributed by atoms with Crippen LogP contribution in [0.2, 0.25) is 0 Å². The first kappa shape index (κ1) is 38.3. The van der Waals surface area contributed by atoms with Crippen LogP contribution in [0.4, 0.5) is 13.2 Å². The van der Waals surface area contributed by atoms with Gasteiger partial charge in [0.1, 0.15) is 17.0 Å². The summed E-state index contributed by atoms with van der Waals surface area (Å²) in [7, 11) is 0. The Morgan fingerprint density at radius 3 is 2.17 bits per heavy atom. The molecular formula is C40H49F3N2O3. The van der Waals surface area contributed by atoms with Gasteiger partial charge in [-0.1, -0.05) is 87.4 Å². The maximum atomic E-state index is 13.7. The second-order valence-corrected chi connectivity index (χ2v) is 12.1. The molecule has 1 aliphatic heterocycles. The predicted octanol–water partition coefficient (Wildman–Crippen LogP) is 9.00. The monoisotopic (exact) mass is 662 g/mol. The van der Waals surface area contributed by atoms with Crippen molar-refractivity contribution in [3.05, 3.63) is 126 Å². The molecule has 1 saturated heterocycles. The third kappa shape index (κ3) is 9.69. The van der Waals surface area contributed by atoms with Crippen LogP contribution in [0.5, 0.6) is 0 Å². The summed E-state index contributed by atoms with van der Waals surface area (Å²) in [6, 6.07) is 14.7. The van der Waals surface area contributed by atoms with E-state index in [0.717, 1.165) is 41.7 Å². The molecule has 0 radical (unpaired) electrons. The summed E-state index contributed by atoms with van der Waals surface area (Å²) in [5.41, 5.74) is 1.81. The molecule has 1 fully saturated rings. The van der Waals surface area contributed by atoms with E-state index in [0.29, 0.717) is 62.5 Å². The Morgan fingerprint density at radius 1 is 0.979 bits per heavy atom. The number of likely N-dealkylation sites (tertiary alicyclic amines) is 1. The van der Waals surface area contributed by atoms with Crippen LogP contribution in [0.3, 0.4) is 0 Å². The van der Waals surface area contributed by atoms with E-state index in [-0.39, 0.29) is 24.0 Å². The molecule has 0 aliphatic carbocycles. The Bertz CT molecular complexity index is 1460. The van der Waals surface area contributed by atoms with Crippen LogP contribution in [0.25, 0.3) is 5.57 Å². The summed E-state index contributed by atoms with van der Waals surface area (Å²) < 4.78 is 45.2. The van der Waals surface area contributed by atoms with Crippen LogP contribution in [0.1, 0.15) is 76.0 Å². The molecule has 0 amide bonds. The number of ether oxygens (including phenoxy) is 1. The van der Waals surface area contributed by atoms with Crippen molar-refractivity contribution in [1.29, 1.82) is 0 Å². The normalized spacial score (nSPS) is 16.1. The first-order valence-electron chi connectivity index (χ1n) is 16.7. The quantitative estimate of drug-likeness (QED) is 0.128. The topological polar surface area (TPSA) is 58.6 Å². The van der Waals surface area contributed by atoms with Gasteiger partial charge in [-0.2, -0.15) is 13.2 Å².